The Morgan fingerprint density at radius 2 is 2.00 bits per heavy atom. The lowest BCUT2D eigenvalue weighted by molar-refractivity contribution is -0.746. The molecule has 0 amide bonds. The molecule has 0 aliphatic carbocycles. The van der Waals surface area contributed by atoms with Gasteiger partial charge in [0, 0.05) is 12.1 Å². The van der Waals surface area contributed by atoms with Crippen molar-refractivity contribution in [1.29, 1.82) is 0 Å². The maximum absolute atomic E-state index is 12.8. The fourth-order valence-electron chi connectivity index (χ4n) is 4.02. The number of anilines is 1. The molecule has 6 atom stereocenters. The second-order valence-corrected chi connectivity index (χ2v) is 11.4. The number of rotatable bonds is 11. The van der Waals surface area contributed by atoms with Gasteiger partial charge in [-0.3, -0.25) is 23.4 Å². The van der Waals surface area contributed by atoms with Crippen molar-refractivity contribution in [3.8, 4) is 5.75 Å². The van der Waals surface area contributed by atoms with Gasteiger partial charge in [-0.2, -0.15) is 0 Å². The summed E-state index contributed by atoms with van der Waals surface area (Å²) >= 11 is 5.88. The molecule has 0 bridgehead atoms. The normalized spacial score (nSPS) is 24.5. The number of nitrogen functional groups attached to an aromatic ring is 1. The van der Waals surface area contributed by atoms with Crippen LogP contribution in [0.1, 0.15) is 6.23 Å². The van der Waals surface area contributed by atoms with Gasteiger partial charge in [0.1, 0.15) is 37.2 Å². The van der Waals surface area contributed by atoms with Gasteiger partial charge < -0.3 is 39.7 Å². The fourth-order valence-corrected chi connectivity index (χ4v) is 5.71. The highest BCUT2D eigenvalue weighted by Gasteiger charge is 2.49. The number of nitrogens with two attached hydrogens (primary N) is 1. The largest absolute Gasteiger partial charge is 0.756 e. The molecule has 6 N–H and O–H groups in total. The van der Waals surface area contributed by atoms with Crippen LogP contribution in [0.2, 0.25) is 5.02 Å². The van der Waals surface area contributed by atoms with E-state index in [1.807, 2.05) is 0 Å². The second kappa shape index (κ2) is 11.6. The van der Waals surface area contributed by atoms with Crippen LogP contribution < -0.4 is 25.5 Å². The zero-order valence-corrected chi connectivity index (χ0v) is 22.6. The minimum Gasteiger partial charge on any atom is -0.756 e. The highest BCUT2D eigenvalue weighted by atomic mass is 35.5. The third kappa shape index (κ3) is 7.03. The number of aromatic nitrogens is 4. The van der Waals surface area contributed by atoms with E-state index in [1.165, 1.54) is 22.6 Å². The average Bonchev–Trinajstić information content (AvgIpc) is 3.34. The van der Waals surface area contributed by atoms with Crippen LogP contribution in [0, 0.1) is 0 Å². The molecule has 1 aliphatic rings. The Morgan fingerprint density at radius 1 is 1.31 bits per heavy atom. The molecule has 3 heterocycles. The van der Waals surface area contributed by atoms with E-state index >= 15 is 0 Å². The molecule has 1 saturated heterocycles. The molecule has 2 unspecified atom stereocenters. The molecule has 0 spiro atoms. The molecule has 214 valence electrons. The van der Waals surface area contributed by atoms with E-state index < -0.39 is 52.4 Å². The van der Waals surface area contributed by atoms with Crippen LogP contribution in [0.15, 0.2) is 35.4 Å². The van der Waals surface area contributed by atoms with E-state index in [9.17, 15) is 28.8 Å². The van der Waals surface area contributed by atoms with Gasteiger partial charge in [0.05, 0.1) is 6.61 Å². The standard InChI is InChI=1S/C19H24ClN5O12P2/c1-33-15-12(8-35-39(31,32)37-38(28,29)30)36-18(14(15)26)25-9-24(13-16(25)22-19(21)23-17(13)27)6-7-34-11-4-2-10(20)3-5-11/h2-5,9,12,14-15,18,26H,6-8H2,1H3,(H5-,21,22,23,27,28,29,30,31,32)/t12-,14-,15-,18-/m1/s1. The lowest BCUT2D eigenvalue weighted by Gasteiger charge is -2.22. The van der Waals surface area contributed by atoms with Gasteiger partial charge in [-0.15, -0.1) is 0 Å². The van der Waals surface area contributed by atoms with Gasteiger partial charge >= 0.3 is 13.5 Å². The zero-order chi connectivity index (χ0) is 28.5. The monoisotopic (exact) mass is 611 g/mol. The number of phosphoric acid groups is 2. The predicted molar refractivity (Wildman–Crippen MR) is 129 cm³/mol. The number of aromatic amines is 1. The number of phosphoric ester groups is 1. The van der Waals surface area contributed by atoms with Crippen LogP contribution in [-0.2, 0) is 34.0 Å². The summed E-state index contributed by atoms with van der Waals surface area (Å²) in [7, 11) is -9.62. The van der Waals surface area contributed by atoms with Crippen molar-refractivity contribution in [1.82, 2.24) is 14.5 Å². The summed E-state index contributed by atoms with van der Waals surface area (Å²) in [5, 5.41) is 11.5. The van der Waals surface area contributed by atoms with Crippen molar-refractivity contribution in [2.75, 3.05) is 26.1 Å². The summed E-state index contributed by atoms with van der Waals surface area (Å²) in [5.41, 5.74) is 5.27. The number of aliphatic hydroxyl groups is 1. The molecule has 3 aromatic rings. The number of halogens is 1. The van der Waals surface area contributed by atoms with Crippen molar-refractivity contribution in [2.45, 2.75) is 31.1 Å². The molecule has 0 saturated carbocycles. The number of imidazole rings is 1. The topological polar surface area (TPSA) is 245 Å². The Labute approximate surface area is 224 Å². The van der Waals surface area contributed by atoms with Crippen LogP contribution in [0.4, 0.5) is 5.95 Å². The summed E-state index contributed by atoms with van der Waals surface area (Å²) in [6.07, 6.45) is -3.65. The van der Waals surface area contributed by atoms with Crippen molar-refractivity contribution in [3.05, 3.63) is 46.0 Å². The predicted octanol–water partition coefficient (Wildman–Crippen LogP) is -0.806. The van der Waals surface area contributed by atoms with Crippen molar-refractivity contribution in [2.24, 2.45) is 0 Å². The molecular formula is C19H24ClN5O12P2. The highest BCUT2D eigenvalue weighted by molar-refractivity contribution is 7.60. The number of benzene rings is 1. The first kappa shape index (κ1) is 29.6. The minimum absolute atomic E-state index is 0.0342. The van der Waals surface area contributed by atoms with Gasteiger partial charge in [0.25, 0.3) is 19.3 Å². The molecule has 2 aromatic heterocycles. The molecular weight excluding hydrogens is 588 g/mol. The Kier molecular flexibility index (Phi) is 8.80. The van der Waals surface area contributed by atoms with Crippen LogP contribution >= 0.6 is 27.2 Å². The van der Waals surface area contributed by atoms with Crippen molar-refractivity contribution < 1.29 is 56.5 Å². The maximum atomic E-state index is 12.8. The van der Waals surface area contributed by atoms with E-state index in [0.717, 1.165) is 0 Å². The lowest BCUT2D eigenvalue weighted by atomic mass is 10.1. The number of hydrogen-bond acceptors (Lipinski definition) is 12. The smallest absolute Gasteiger partial charge is 0.478 e. The van der Waals surface area contributed by atoms with Crippen LogP contribution in [0.3, 0.4) is 0 Å². The first-order chi connectivity index (χ1) is 18.3. The molecule has 1 aromatic carbocycles. The number of fused-ring (bicyclic) bond motifs is 1. The summed E-state index contributed by atoms with van der Waals surface area (Å²) in [5.74, 6) is 0.330. The van der Waals surface area contributed by atoms with Crippen LogP contribution in [0.25, 0.3) is 11.2 Å². The maximum Gasteiger partial charge on any atom is 0.478 e. The number of hydrogen-bond donors (Lipinski definition) is 5. The van der Waals surface area contributed by atoms with Gasteiger partial charge in [-0.25, -0.2) is 13.4 Å². The van der Waals surface area contributed by atoms with Gasteiger partial charge in [-0.05, 0) is 24.3 Å². The van der Waals surface area contributed by atoms with Crippen molar-refractivity contribution >= 4 is 44.4 Å². The summed E-state index contributed by atoms with van der Waals surface area (Å²) in [6, 6.07) is 6.66. The Balaban J connectivity index is 1.58. The molecule has 1 fully saturated rings. The number of ether oxygens (including phenoxy) is 3. The third-order valence-corrected chi connectivity index (χ3v) is 7.95. The van der Waals surface area contributed by atoms with E-state index in [4.69, 9.17) is 36.4 Å². The quantitative estimate of drug-likeness (QED) is 0.132. The summed E-state index contributed by atoms with van der Waals surface area (Å²) in [4.78, 5) is 48.3. The molecule has 0 radical (unpaired) electrons. The third-order valence-electron chi connectivity index (χ3n) is 5.57. The first-order valence-corrected chi connectivity index (χ1v) is 14.4. The molecule has 1 aliphatic heterocycles. The zero-order valence-electron chi connectivity index (χ0n) is 20.0. The number of aliphatic hydroxyl groups excluding tert-OH is 1. The van der Waals surface area contributed by atoms with E-state index in [1.54, 1.807) is 24.3 Å². The molecule has 20 heteroatoms. The molecule has 39 heavy (non-hydrogen) atoms. The van der Waals surface area contributed by atoms with Gasteiger partial charge in [0.2, 0.25) is 11.7 Å². The Morgan fingerprint density at radius 3 is 2.64 bits per heavy atom. The SMILES string of the molecule is CO[C@H]1[C@@H](O)[C@H]([n+]2cn(CCOc3ccc(Cl)cc3)c3c(=O)[nH]c(N)nc32)O[C@@H]1COP(=O)(O)OP(=O)([O-])O. The number of methoxy groups -OCH3 is 1. The molecule has 17 nitrogen and oxygen atoms in total. The Bertz CT molecular complexity index is 1480. The van der Waals surface area contributed by atoms with E-state index in [2.05, 4.69) is 18.8 Å². The number of H-pyrrole nitrogens is 1. The first-order valence-electron chi connectivity index (χ1n) is 11.0. The summed E-state index contributed by atoms with van der Waals surface area (Å²) < 4.78 is 50.4. The average molecular weight is 612 g/mol. The number of nitrogens with zero attached hydrogens (tertiary/aromatic N) is 3. The van der Waals surface area contributed by atoms with Crippen LogP contribution in [0.5, 0.6) is 5.75 Å². The minimum atomic E-state index is -5.59. The second-order valence-electron chi connectivity index (χ2n) is 8.21. The Hall–Kier alpha value is -2.40. The van der Waals surface area contributed by atoms with E-state index in [0.29, 0.717) is 10.8 Å². The summed E-state index contributed by atoms with van der Waals surface area (Å²) in [6.45, 7) is -0.504. The van der Waals surface area contributed by atoms with Gasteiger partial charge in [0.15, 0.2) is 6.33 Å². The number of nitrogens with one attached hydrogen (secondary N) is 1. The van der Waals surface area contributed by atoms with E-state index in [-0.39, 0.29) is 30.3 Å². The van der Waals surface area contributed by atoms with Gasteiger partial charge in [-0.1, -0.05) is 16.6 Å². The van der Waals surface area contributed by atoms with Crippen molar-refractivity contribution in [3.63, 3.8) is 0 Å². The lowest BCUT2D eigenvalue weighted by Crippen LogP contribution is -2.46. The fraction of sp³-hybridized carbons (Fsp3) is 0.421. The highest BCUT2D eigenvalue weighted by Crippen LogP contribution is 2.55. The van der Waals surface area contributed by atoms with Crippen LogP contribution in [-0.4, -0.2) is 68.1 Å². The molecule has 4 rings (SSSR count).